The minimum Gasteiger partial charge on any atom is -0.480 e. The van der Waals surface area contributed by atoms with Crippen molar-refractivity contribution < 1.29 is 9.57 Å². The average Bonchev–Trinajstić information content (AvgIpc) is 2.27. The van der Waals surface area contributed by atoms with E-state index in [1.54, 1.807) is 19.3 Å². The molecular weight excluding hydrogens is 180 g/mol. The third-order valence-electron chi connectivity index (χ3n) is 2.14. The molecule has 0 spiro atoms. The van der Waals surface area contributed by atoms with Crippen LogP contribution in [0.3, 0.4) is 0 Å². The number of benzene rings is 1. The Morgan fingerprint density at radius 3 is 2.79 bits per heavy atom. The van der Waals surface area contributed by atoms with Gasteiger partial charge in [-0.2, -0.15) is 5.06 Å². The van der Waals surface area contributed by atoms with E-state index in [0.717, 1.165) is 10.6 Å². The third kappa shape index (κ3) is 1.33. The van der Waals surface area contributed by atoms with Gasteiger partial charge < -0.3 is 4.74 Å². The van der Waals surface area contributed by atoms with Crippen molar-refractivity contribution in [2.75, 3.05) is 20.9 Å². The van der Waals surface area contributed by atoms with Crippen molar-refractivity contribution in [3.05, 3.63) is 34.8 Å². The summed E-state index contributed by atoms with van der Waals surface area (Å²) < 4.78 is 5.28. The number of fused-ring (bicyclic) bond motifs is 1. The van der Waals surface area contributed by atoms with Gasteiger partial charge in [0.15, 0.2) is 0 Å². The summed E-state index contributed by atoms with van der Waals surface area (Å²) >= 11 is 0. The number of rotatable bonds is 2. The Balaban J connectivity index is 2.68. The molecule has 14 heavy (non-hydrogen) atoms. The fourth-order valence-electron chi connectivity index (χ4n) is 1.48. The predicted molar refractivity (Wildman–Crippen MR) is 51.4 cm³/mol. The van der Waals surface area contributed by atoms with Gasteiger partial charge in [-0.3, -0.25) is 9.83 Å². The molecule has 0 atom stereocenters. The number of methoxy groups -OCH3 is 1. The van der Waals surface area contributed by atoms with Crippen molar-refractivity contribution in [1.82, 2.24) is 5.06 Å². The molecule has 0 aliphatic carbocycles. The van der Waals surface area contributed by atoms with Crippen LogP contribution in [-0.2, 0) is 9.57 Å². The Morgan fingerprint density at radius 1 is 1.29 bits per heavy atom. The lowest BCUT2D eigenvalue weighted by Crippen LogP contribution is -2.40. The fourth-order valence-corrected chi connectivity index (χ4v) is 1.48. The SMILES string of the molecule is COC1=c2ccccc2=NCN1OC. The zero-order valence-corrected chi connectivity index (χ0v) is 8.23. The molecule has 0 bridgehead atoms. The van der Waals surface area contributed by atoms with E-state index in [1.807, 2.05) is 24.3 Å². The highest BCUT2D eigenvalue weighted by molar-refractivity contribution is 5.34. The van der Waals surface area contributed by atoms with E-state index in [0.29, 0.717) is 12.6 Å². The van der Waals surface area contributed by atoms with Crippen LogP contribution in [0.25, 0.3) is 5.88 Å². The highest BCUT2D eigenvalue weighted by Crippen LogP contribution is 2.05. The molecule has 4 heteroatoms. The number of nitrogens with zero attached hydrogens (tertiary/aromatic N) is 2. The van der Waals surface area contributed by atoms with E-state index in [-0.39, 0.29) is 0 Å². The zero-order valence-electron chi connectivity index (χ0n) is 8.23. The van der Waals surface area contributed by atoms with Gasteiger partial charge in [-0.25, -0.2) is 0 Å². The van der Waals surface area contributed by atoms with Crippen LogP contribution in [-0.4, -0.2) is 26.0 Å². The first-order valence-corrected chi connectivity index (χ1v) is 4.36. The van der Waals surface area contributed by atoms with Gasteiger partial charge in [-0.05, 0) is 12.1 Å². The Bertz CT molecular complexity index is 442. The summed E-state index contributed by atoms with van der Waals surface area (Å²) in [7, 11) is 3.23. The van der Waals surface area contributed by atoms with Gasteiger partial charge in [-0.1, -0.05) is 12.1 Å². The fraction of sp³-hybridized carbons (Fsp3) is 0.300. The Morgan fingerprint density at radius 2 is 2.07 bits per heavy atom. The van der Waals surface area contributed by atoms with Crippen molar-refractivity contribution in [3.8, 4) is 0 Å². The highest BCUT2D eigenvalue weighted by atomic mass is 16.7. The molecule has 4 nitrogen and oxygen atoms in total. The van der Waals surface area contributed by atoms with Crippen LogP contribution in [0.15, 0.2) is 29.3 Å². The number of para-hydroxylation sites is 1. The second-order valence-electron chi connectivity index (χ2n) is 2.89. The molecule has 0 unspecified atom stereocenters. The summed E-state index contributed by atoms with van der Waals surface area (Å²) in [6.07, 6.45) is 0. The molecule has 0 fully saturated rings. The Hall–Kier alpha value is -1.55. The summed E-state index contributed by atoms with van der Waals surface area (Å²) in [5.74, 6) is 0.707. The lowest BCUT2D eigenvalue weighted by atomic mass is 10.2. The van der Waals surface area contributed by atoms with Gasteiger partial charge in [0.25, 0.3) is 0 Å². The van der Waals surface area contributed by atoms with Crippen molar-refractivity contribution in [2.45, 2.75) is 0 Å². The molecule has 1 aromatic carbocycles. The zero-order chi connectivity index (χ0) is 9.97. The number of ether oxygens (including phenoxy) is 1. The van der Waals surface area contributed by atoms with Gasteiger partial charge in [-0.15, -0.1) is 0 Å². The first-order valence-electron chi connectivity index (χ1n) is 4.36. The lowest BCUT2D eigenvalue weighted by Gasteiger charge is -2.23. The molecule has 1 aliphatic heterocycles. The van der Waals surface area contributed by atoms with Crippen molar-refractivity contribution in [2.24, 2.45) is 4.99 Å². The standard InChI is InChI=1S/C10H12N2O2/c1-13-10-8-5-3-4-6-9(8)11-7-12(10)14-2/h3-6H,7H2,1-2H3. The van der Waals surface area contributed by atoms with E-state index in [1.165, 1.54) is 0 Å². The molecule has 0 saturated heterocycles. The summed E-state index contributed by atoms with van der Waals surface area (Å²) in [6, 6.07) is 7.83. The van der Waals surface area contributed by atoms with E-state index >= 15 is 0 Å². The smallest absolute Gasteiger partial charge is 0.224 e. The summed E-state index contributed by atoms with van der Waals surface area (Å²) in [4.78, 5) is 9.47. The van der Waals surface area contributed by atoms with Gasteiger partial charge in [0.2, 0.25) is 5.88 Å². The lowest BCUT2D eigenvalue weighted by molar-refractivity contribution is -0.102. The number of hydrogen-bond acceptors (Lipinski definition) is 4. The van der Waals surface area contributed by atoms with Crippen LogP contribution in [0.5, 0.6) is 0 Å². The van der Waals surface area contributed by atoms with Gasteiger partial charge in [0.05, 0.1) is 24.8 Å². The van der Waals surface area contributed by atoms with Crippen molar-refractivity contribution >= 4 is 5.88 Å². The van der Waals surface area contributed by atoms with E-state index < -0.39 is 0 Å². The van der Waals surface area contributed by atoms with Crippen LogP contribution in [0.2, 0.25) is 0 Å². The highest BCUT2D eigenvalue weighted by Gasteiger charge is 2.13. The quantitative estimate of drug-likeness (QED) is 0.653. The van der Waals surface area contributed by atoms with Crippen molar-refractivity contribution in [3.63, 3.8) is 0 Å². The van der Waals surface area contributed by atoms with Gasteiger partial charge in [0, 0.05) is 0 Å². The maximum Gasteiger partial charge on any atom is 0.224 e. The molecule has 2 rings (SSSR count). The average molecular weight is 192 g/mol. The molecule has 0 radical (unpaired) electrons. The van der Waals surface area contributed by atoms with Crippen molar-refractivity contribution in [1.29, 1.82) is 0 Å². The Kier molecular flexibility index (Phi) is 2.37. The van der Waals surface area contributed by atoms with E-state index in [9.17, 15) is 0 Å². The third-order valence-corrected chi connectivity index (χ3v) is 2.14. The summed E-state index contributed by atoms with van der Waals surface area (Å²) in [5, 5.41) is 3.52. The maximum absolute atomic E-state index is 5.28. The molecular formula is C10H12N2O2. The normalized spacial score (nSPS) is 14.7. The van der Waals surface area contributed by atoms with Crippen LogP contribution in [0, 0.1) is 0 Å². The molecule has 1 aliphatic rings. The second kappa shape index (κ2) is 3.67. The van der Waals surface area contributed by atoms with Crippen LogP contribution in [0.4, 0.5) is 0 Å². The summed E-state index contributed by atoms with van der Waals surface area (Å²) in [5.41, 5.74) is 0. The Labute approximate surface area is 82.0 Å². The monoisotopic (exact) mass is 192 g/mol. The number of hydroxylamine groups is 2. The second-order valence-corrected chi connectivity index (χ2v) is 2.89. The number of hydrogen-bond donors (Lipinski definition) is 0. The molecule has 74 valence electrons. The minimum atomic E-state index is 0.469. The topological polar surface area (TPSA) is 34.1 Å². The molecule has 0 aromatic heterocycles. The first-order chi connectivity index (χ1) is 6.86. The van der Waals surface area contributed by atoms with E-state index in [2.05, 4.69) is 4.99 Å². The first kappa shape index (κ1) is 9.02. The van der Waals surface area contributed by atoms with Gasteiger partial charge >= 0.3 is 0 Å². The summed E-state index contributed by atoms with van der Waals surface area (Å²) in [6.45, 7) is 0.469. The molecule has 0 N–H and O–H groups in total. The molecule has 1 aromatic rings. The maximum atomic E-state index is 5.28. The van der Waals surface area contributed by atoms with Crippen LogP contribution in [0.1, 0.15) is 0 Å². The van der Waals surface area contributed by atoms with Crippen LogP contribution >= 0.6 is 0 Å². The molecule has 1 heterocycles. The molecule has 0 saturated carbocycles. The van der Waals surface area contributed by atoms with Crippen LogP contribution < -0.4 is 10.6 Å². The molecule has 0 amide bonds. The predicted octanol–water partition coefficient (Wildman–Crippen LogP) is -0.147. The van der Waals surface area contributed by atoms with E-state index in [4.69, 9.17) is 9.57 Å². The largest absolute Gasteiger partial charge is 0.480 e. The van der Waals surface area contributed by atoms with Gasteiger partial charge in [0.1, 0.15) is 6.67 Å². The minimum absolute atomic E-state index is 0.469.